The quantitative estimate of drug-likeness (QED) is 0.147. The molecule has 3 heteroatoms. The van der Waals surface area contributed by atoms with Crippen molar-refractivity contribution in [2.75, 3.05) is 4.90 Å². The van der Waals surface area contributed by atoms with Gasteiger partial charge in [0, 0.05) is 33.4 Å². The molecule has 1 aromatic heterocycles. The first-order valence-corrected chi connectivity index (χ1v) is 23.5. The molecule has 0 aliphatic carbocycles. The maximum absolute atomic E-state index is 2.49. The van der Waals surface area contributed by atoms with Gasteiger partial charge in [0.15, 0.2) is 0 Å². The molecule has 1 aliphatic heterocycles. The molecule has 0 fully saturated rings. The highest BCUT2D eigenvalue weighted by Crippen LogP contribution is 2.47. The van der Waals surface area contributed by atoms with Gasteiger partial charge in [0.2, 0.25) is 0 Å². The Hall–Kier alpha value is -7.20. The number of hydrogen-bond donors (Lipinski definition) is 0. The van der Waals surface area contributed by atoms with Crippen LogP contribution in [0.2, 0.25) is 13.1 Å². The summed E-state index contributed by atoms with van der Waals surface area (Å²) in [6.45, 7) is 4.99. The summed E-state index contributed by atoms with van der Waals surface area (Å²) in [6.07, 6.45) is 0. The van der Waals surface area contributed by atoms with Crippen molar-refractivity contribution in [1.82, 2.24) is 4.57 Å². The van der Waals surface area contributed by atoms with Gasteiger partial charge < -0.3 is 9.47 Å². The van der Waals surface area contributed by atoms with Crippen molar-refractivity contribution < 1.29 is 0 Å². The van der Waals surface area contributed by atoms with Crippen molar-refractivity contribution in [3.05, 3.63) is 218 Å². The second-order valence-electron chi connectivity index (χ2n) is 16.2. The van der Waals surface area contributed by atoms with E-state index in [1.165, 1.54) is 76.7 Å². The van der Waals surface area contributed by atoms with E-state index in [1.807, 2.05) is 0 Å². The van der Waals surface area contributed by atoms with E-state index in [0.29, 0.717) is 0 Å². The number of anilines is 3. The van der Waals surface area contributed by atoms with E-state index < -0.39 is 8.07 Å². The smallest absolute Gasteiger partial charge is 0.113 e. The Kier molecular flexibility index (Phi) is 8.31. The average Bonchev–Trinajstić information content (AvgIpc) is 3.75. The Morgan fingerprint density at radius 2 is 0.864 bits per heavy atom. The largest absolute Gasteiger partial charge is 0.310 e. The number of fused-ring (bicyclic) bond motifs is 6. The van der Waals surface area contributed by atoms with Crippen LogP contribution in [0.1, 0.15) is 0 Å². The van der Waals surface area contributed by atoms with Gasteiger partial charge in [-0.15, -0.1) is 0 Å². The van der Waals surface area contributed by atoms with Gasteiger partial charge in [-0.05, 0) is 110 Å². The standard InChI is InChI=1S/C56H42N2Si/c1-59(2)55-25-15-13-23-48(55)51-36-43(30-35-56(51)59)49-37-50-47-22-12-14-24-52(47)58(44-20-10-5-11-21-44)54(50)38-53(49)57(45-31-26-41(27-32-45)39-16-6-3-7-17-39)46-33-28-42(29-34-46)40-18-8-4-9-19-40/h3-38H,1-2H3. The van der Waals surface area contributed by atoms with Crippen LogP contribution >= 0.6 is 0 Å². The zero-order valence-electron chi connectivity index (χ0n) is 33.2. The highest BCUT2D eigenvalue weighted by molar-refractivity contribution is 7.03. The SMILES string of the molecule is C[Si]1(C)c2ccccc2-c2cc(-c3cc4c5ccccc5n(-c5ccccc5)c4cc3N(c3ccc(-c4ccccc4)cc3)c3ccc(-c4ccccc4)cc3)ccc21. The topological polar surface area (TPSA) is 8.17 Å². The molecule has 59 heavy (non-hydrogen) atoms. The molecule has 0 unspecified atom stereocenters. The van der Waals surface area contributed by atoms with Crippen LogP contribution in [0.4, 0.5) is 17.1 Å². The second-order valence-corrected chi connectivity index (χ2v) is 20.5. The summed E-state index contributed by atoms with van der Waals surface area (Å²) in [7, 11) is -1.84. The summed E-state index contributed by atoms with van der Waals surface area (Å²) >= 11 is 0. The maximum atomic E-state index is 2.49. The fraction of sp³-hybridized carbons (Fsp3) is 0.0357. The summed E-state index contributed by atoms with van der Waals surface area (Å²) in [5, 5.41) is 5.51. The molecule has 9 aromatic carbocycles. The number of hydrogen-bond acceptors (Lipinski definition) is 1. The summed E-state index contributed by atoms with van der Waals surface area (Å²) in [4.78, 5) is 2.46. The number of para-hydroxylation sites is 2. The van der Waals surface area contributed by atoms with Gasteiger partial charge in [-0.2, -0.15) is 0 Å². The second kappa shape index (κ2) is 14.0. The van der Waals surface area contributed by atoms with Crippen molar-refractivity contribution in [2.24, 2.45) is 0 Å². The predicted molar refractivity (Wildman–Crippen MR) is 254 cm³/mol. The maximum Gasteiger partial charge on any atom is 0.113 e. The molecule has 0 saturated heterocycles. The molecule has 280 valence electrons. The van der Waals surface area contributed by atoms with Crippen LogP contribution in [-0.2, 0) is 0 Å². The molecule has 10 aromatic rings. The third-order valence-corrected chi connectivity index (χ3v) is 16.0. The van der Waals surface area contributed by atoms with Crippen molar-refractivity contribution >= 4 is 57.3 Å². The fourth-order valence-electron chi connectivity index (χ4n) is 9.46. The molecule has 0 bridgehead atoms. The van der Waals surface area contributed by atoms with Crippen LogP contribution < -0.4 is 15.3 Å². The number of aromatic nitrogens is 1. The van der Waals surface area contributed by atoms with Crippen molar-refractivity contribution in [3.8, 4) is 50.2 Å². The van der Waals surface area contributed by atoms with E-state index in [2.05, 4.69) is 241 Å². The van der Waals surface area contributed by atoms with Gasteiger partial charge in [-0.1, -0.05) is 171 Å². The number of benzene rings is 9. The molecule has 11 rings (SSSR count). The lowest BCUT2D eigenvalue weighted by Gasteiger charge is -2.29. The molecule has 0 atom stereocenters. The van der Waals surface area contributed by atoms with Crippen LogP contribution in [0.25, 0.3) is 72.0 Å². The van der Waals surface area contributed by atoms with E-state index in [1.54, 1.807) is 0 Å². The first kappa shape index (κ1) is 35.0. The monoisotopic (exact) mass is 770 g/mol. The Bertz CT molecular complexity index is 3060. The highest BCUT2D eigenvalue weighted by atomic mass is 28.3. The Morgan fingerprint density at radius 1 is 0.356 bits per heavy atom. The molecule has 0 spiro atoms. The van der Waals surface area contributed by atoms with Crippen LogP contribution in [-0.4, -0.2) is 12.6 Å². The third-order valence-electron chi connectivity index (χ3n) is 12.4. The summed E-state index contributed by atoms with van der Waals surface area (Å²) in [6, 6.07) is 80.4. The van der Waals surface area contributed by atoms with Crippen LogP contribution in [0.3, 0.4) is 0 Å². The van der Waals surface area contributed by atoms with Crippen molar-refractivity contribution in [2.45, 2.75) is 13.1 Å². The van der Waals surface area contributed by atoms with Gasteiger partial charge in [-0.3, -0.25) is 0 Å². The molecule has 0 saturated carbocycles. The molecule has 1 aliphatic rings. The van der Waals surface area contributed by atoms with Gasteiger partial charge in [0.05, 0.1) is 16.7 Å². The summed E-state index contributed by atoms with van der Waals surface area (Å²) in [5.41, 5.74) is 16.8. The minimum absolute atomic E-state index is 1.10. The molecule has 0 N–H and O–H groups in total. The van der Waals surface area contributed by atoms with Gasteiger partial charge >= 0.3 is 0 Å². The lowest BCUT2D eigenvalue weighted by molar-refractivity contribution is 1.18. The highest BCUT2D eigenvalue weighted by Gasteiger charge is 2.37. The number of rotatable bonds is 7. The van der Waals surface area contributed by atoms with E-state index in [-0.39, 0.29) is 0 Å². The molecule has 2 nitrogen and oxygen atoms in total. The molecular weight excluding hydrogens is 729 g/mol. The Morgan fingerprint density at radius 3 is 1.51 bits per heavy atom. The van der Waals surface area contributed by atoms with E-state index >= 15 is 0 Å². The Balaban J connectivity index is 1.20. The molecule has 0 radical (unpaired) electrons. The lowest BCUT2D eigenvalue weighted by atomic mass is 9.95. The van der Waals surface area contributed by atoms with Crippen LogP contribution in [0, 0.1) is 0 Å². The Labute approximate surface area is 346 Å². The normalized spacial score (nSPS) is 12.7. The van der Waals surface area contributed by atoms with Crippen LogP contribution in [0.5, 0.6) is 0 Å². The minimum atomic E-state index is -1.84. The zero-order chi connectivity index (χ0) is 39.5. The van der Waals surface area contributed by atoms with Crippen LogP contribution in [0.15, 0.2) is 218 Å². The fourth-order valence-corrected chi connectivity index (χ4v) is 12.5. The predicted octanol–water partition coefficient (Wildman–Crippen LogP) is 14.1. The average molecular weight is 771 g/mol. The third kappa shape index (κ3) is 5.85. The number of nitrogens with zero attached hydrogens (tertiary/aromatic N) is 2. The molecule has 0 amide bonds. The zero-order valence-corrected chi connectivity index (χ0v) is 34.2. The first-order valence-electron chi connectivity index (χ1n) is 20.5. The van der Waals surface area contributed by atoms with Gasteiger partial charge in [0.1, 0.15) is 8.07 Å². The minimum Gasteiger partial charge on any atom is -0.310 e. The molecular formula is C56H42N2Si. The van der Waals surface area contributed by atoms with Gasteiger partial charge in [0.25, 0.3) is 0 Å². The van der Waals surface area contributed by atoms with E-state index in [0.717, 1.165) is 22.7 Å². The lowest BCUT2D eigenvalue weighted by Crippen LogP contribution is -2.49. The van der Waals surface area contributed by atoms with Gasteiger partial charge in [-0.25, -0.2) is 0 Å². The summed E-state index contributed by atoms with van der Waals surface area (Å²) in [5.74, 6) is 0. The molecule has 2 heterocycles. The summed E-state index contributed by atoms with van der Waals surface area (Å²) < 4.78 is 2.43. The van der Waals surface area contributed by atoms with Crippen molar-refractivity contribution in [3.63, 3.8) is 0 Å². The van der Waals surface area contributed by atoms with E-state index in [4.69, 9.17) is 0 Å². The first-order chi connectivity index (χ1) is 29.0. The van der Waals surface area contributed by atoms with E-state index in [9.17, 15) is 0 Å². The van der Waals surface area contributed by atoms with Crippen molar-refractivity contribution in [1.29, 1.82) is 0 Å².